The van der Waals surface area contributed by atoms with Gasteiger partial charge in [-0.15, -0.1) is 0 Å². The molecule has 1 aromatic rings. The third-order valence-electron chi connectivity index (χ3n) is 1.95. The lowest BCUT2D eigenvalue weighted by Gasteiger charge is -2.04. The normalized spacial score (nSPS) is 9.33. The number of halogens is 1. The molecule has 0 aliphatic heterocycles. The molecule has 5 nitrogen and oxygen atoms in total. The summed E-state index contributed by atoms with van der Waals surface area (Å²) in [5, 5.41) is 13.1. The van der Waals surface area contributed by atoms with E-state index in [9.17, 15) is 14.5 Å². The molecule has 0 amide bonds. The molecule has 0 aliphatic rings. The van der Waals surface area contributed by atoms with Crippen molar-refractivity contribution in [1.29, 1.82) is 0 Å². The second-order valence-electron chi connectivity index (χ2n) is 3.41. The maximum atomic E-state index is 13.0. The van der Waals surface area contributed by atoms with E-state index in [0.29, 0.717) is 6.54 Å². The summed E-state index contributed by atoms with van der Waals surface area (Å²) in [5.41, 5.74) is -0.281. The molecule has 18 heavy (non-hydrogen) atoms. The molecule has 0 unspecified atom stereocenters. The predicted molar refractivity (Wildman–Crippen MR) is 69.4 cm³/mol. The molecular formula is C12H19FN2O3. The average molecular weight is 258 g/mol. The topological polar surface area (TPSA) is 64.4 Å². The summed E-state index contributed by atoms with van der Waals surface area (Å²) >= 11 is 0. The summed E-state index contributed by atoms with van der Waals surface area (Å²) < 4.78 is 17.7. The molecule has 0 radical (unpaired) electrons. The number of nitrogens with one attached hydrogen (secondary N) is 1. The first-order chi connectivity index (χ1) is 8.58. The Labute approximate surface area is 106 Å². The molecule has 0 saturated heterocycles. The molecule has 0 saturated carbocycles. The lowest BCUT2D eigenvalue weighted by Crippen LogP contribution is -2.03. The molecule has 1 N–H and O–H groups in total. The third-order valence-corrected chi connectivity index (χ3v) is 1.95. The number of nitrogens with zero attached hydrogens (tertiary/aromatic N) is 1. The van der Waals surface area contributed by atoms with Crippen LogP contribution >= 0.6 is 0 Å². The summed E-state index contributed by atoms with van der Waals surface area (Å²) in [6.45, 7) is 5.17. The minimum atomic E-state index is -0.610. The highest BCUT2D eigenvalue weighted by molar-refractivity contribution is 5.62. The van der Waals surface area contributed by atoms with Gasteiger partial charge >= 0.3 is 0 Å². The van der Waals surface area contributed by atoms with Gasteiger partial charge < -0.3 is 10.1 Å². The van der Waals surface area contributed by atoms with E-state index >= 15 is 0 Å². The average Bonchev–Trinajstić information content (AvgIpc) is 2.33. The summed E-state index contributed by atoms with van der Waals surface area (Å²) in [4.78, 5) is 9.84. The molecular weight excluding hydrogens is 239 g/mol. The van der Waals surface area contributed by atoms with Gasteiger partial charge in [-0.2, -0.15) is 0 Å². The van der Waals surface area contributed by atoms with Gasteiger partial charge in [0.1, 0.15) is 5.69 Å². The van der Waals surface area contributed by atoms with Crippen molar-refractivity contribution in [2.75, 3.05) is 25.6 Å². The van der Waals surface area contributed by atoms with E-state index in [-0.39, 0.29) is 11.4 Å². The summed E-state index contributed by atoms with van der Waals surface area (Å²) in [6.07, 6.45) is 1.12. The van der Waals surface area contributed by atoms with Gasteiger partial charge in [0.25, 0.3) is 5.69 Å². The van der Waals surface area contributed by atoms with Crippen molar-refractivity contribution >= 4 is 11.4 Å². The van der Waals surface area contributed by atoms with E-state index < -0.39 is 10.7 Å². The molecule has 0 spiro atoms. The Balaban J connectivity index is 0.000000494. The molecule has 0 heterocycles. The van der Waals surface area contributed by atoms with Crippen LogP contribution in [0.5, 0.6) is 0 Å². The van der Waals surface area contributed by atoms with Crippen LogP contribution in [0.1, 0.15) is 20.3 Å². The Kier molecular flexibility index (Phi) is 8.47. The summed E-state index contributed by atoms with van der Waals surface area (Å²) in [6, 6.07) is 3.76. The predicted octanol–water partition coefficient (Wildman–Crippen LogP) is 3.21. The van der Waals surface area contributed by atoms with E-state index in [1.54, 1.807) is 14.0 Å². The molecule has 102 valence electrons. The first-order valence-electron chi connectivity index (χ1n) is 5.74. The highest BCUT2D eigenvalue weighted by Gasteiger charge is 2.16. The number of hydrogen-bond acceptors (Lipinski definition) is 4. The number of nitro benzene ring substituents is 1. The highest BCUT2D eigenvalue weighted by Crippen LogP contribution is 2.26. The quantitative estimate of drug-likeness (QED) is 0.650. The fraction of sp³-hybridized carbons (Fsp3) is 0.500. The molecule has 0 atom stereocenters. The minimum Gasteiger partial charge on any atom is -0.385 e. The SMILES string of the molecule is CCCOC.CCNc1c(F)cccc1[N+](=O)[O-]. The number of nitro groups is 1. The highest BCUT2D eigenvalue weighted by atomic mass is 19.1. The van der Waals surface area contributed by atoms with Crippen molar-refractivity contribution in [3.05, 3.63) is 34.1 Å². The van der Waals surface area contributed by atoms with Crippen LogP contribution in [0.4, 0.5) is 15.8 Å². The van der Waals surface area contributed by atoms with Gasteiger partial charge in [-0.25, -0.2) is 4.39 Å². The number of methoxy groups -OCH3 is 1. The number of hydrogen-bond donors (Lipinski definition) is 1. The number of ether oxygens (including phenoxy) is 1. The monoisotopic (exact) mass is 258 g/mol. The van der Waals surface area contributed by atoms with Crippen LogP contribution in [0.15, 0.2) is 18.2 Å². The van der Waals surface area contributed by atoms with Crippen LogP contribution in [0.3, 0.4) is 0 Å². The molecule has 1 aromatic carbocycles. The smallest absolute Gasteiger partial charge is 0.295 e. The second kappa shape index (κ2) is 9.35. The largest absolute Gasteiger partial charge is 0.385 e. The molecule has 0 aliphatic carbocycles. The first kappa shape index (κ1) is 16.3. The third kappa shape index (κ3) is 5.58. The van der Waals surface area contributed by atoms with Crippen LogP contribution in [-0.2, 0) is 4.74 Å². The zero-order valence-electron chi connectivity index (χ0n) is 10.9. The standard InChI is InChI=1S/C8H9FN2O2.C4H10O/c1-2-10-8-6(9)4-3-5-7(8)11(12)13;1-3-4-5-2/h3-5,10H,2H2,1H3;3-4H2,1-2H3. The molecule has 1 rings (SSSR count). The Morgan fingerprint density at radius 3 is 2.50 bits per heavy atom. The Bertz CT molecular complexity index is 370. The Morgan fingerprint density at radius 2 is 2.11 bits per heavy atom. The van der Waals surface area contributed by atoms with Gasteiger partial charge in [-0.3, -0.25) is 10.1 Å². The van der Waals surface area contributed by atoms with Crippen molar-refractivity contribution in [2.45, 2.75) is 20.3 Å². The second-order valence-corrected chi connectivity index (χ2v) is 3.41. The zero-order chi connectivity index (χ0) is 14.0. The van der Waals surface area contributed by atoms with E-state index in [1.165, 1.54) is 18.2 Å². The Hall–Kier alpha value is -1.69. The van der Waals surface area contributed by atoms with Crippen molar-refractivity contribution in [3.63, 3.8) is 0 Å². The number of benzene rings is 1. The van der Waals surface area contributed by atoms with Gasteiger partial charge in [0.15, 0.2) is 5.82 Å². The summed E-state index contributed by atoms with van der Waals surface area (Å²) in [7, 11) is 1.71. The number of rotatable bonds is 5. The minimum absolute atomic E-state index is 0.0463. The molecule has 0 fully saturated rings. The van der Waals surface area contributed by atoms with Gasteiger partial charge in [0.2, 0.25) is 0 Å². The maximum Gasteiger partial charge on any atom is 0.295 e. The Morgan fingerprint density at radius 1 is 1.44 bits per heavy atom. The lowest BCUT2D eigenvalue weighted by atomic mass is 10.2. The van der Waals surface area contributed by atoms with Crippen molar-refractivity contribution in [2.24, 2.45) is 0 Å². The fourth-order valence-corrected chi connectivity index (χ4v) is 1.22. The van der Waals surface area contributed by atoms with Crippen molar-refractivity contribution in [1.82, 2.24) is 0 Å². The van der Waals surface area contributed by atoms with E-state index in [4.69, 9.17) is 4.74 Å². The van der Waals surface area contributed by atoms with E-state index in [0.717, 1.165) is 13.0 Å². The number of para-hydroxylation sites is 1. The van der Waals surface area contributed by atoms with E-state index in [1.807, 2.05) is 0 Å². The van der Waals surface area contributed by atoms with Crippen LogP contribution in [-0.4, -0.2) is 25.2 Å². The van der Waals surface area contributed by atoms with Crippen LogP contribution < -0.4 is 5.32 Å². The molecule has 6 heteroatoms. The maximum absolute atomic E-state index is 13.0. The number of anilines is 1. The van der Waals surface area contributed by atoms with Gasteiger partial charge in [-0.1, -0.05) is 13.0 Å². The van der Waals surface area contributed by atoms with E-state index in [2.05, 4.69) is 12.2 Å². The van der Waals surface area contributed by atoms with Gasteiger partial charge in [0, 0.05) is 26.3 Å². The van der Waals surface area contributed by atoms with Crippen LogP contribution in [0.2, 0.25) is 0 Å². The van der Waals surface area contributed by atoms with Gasteiger partial charge in [0.05, 0.1) is 4.92 Å². The van der Waals surface area contributed by atoms with Gasteiger partial charge in [-0.05, 0) is 19.4 Å². The molecule has 0 bridgehead atoms. The van der Waals surface area contributed by atoms with Crippen LogP contribution in [0, 0.1) is 15.9 Å². The summed E-state index contributed by atoms with van der Waals surface area (Å²) in [5.74, 6) is -0.601. The zero-order valence-corrected chi connectivity index (χ0v) is 10.9. The molecule has 0 aromatic heterocycles. The first-order valence-corrected chi connectivity index (χ1v) is 5.74. The van der Waals surface area contributed by atoms with Crippen molar-refractivity contribution < 1.29 is 14.1 Å². The van der Waals surface area contributed by atoms with Crippen molar-refractivity contribution in [3.8, 4) is 0 Å². The lowest BCUT2D eigenvalue weighted by molar-refractivity contribution is -0.384. The van der Waals surface area contributed by atoms with Crippen LogP contribution in [0.25, 0.3) is 0 Å². The fourth-order valence-electron chi connectivity index (χ4n) is 1.22.